The first-order valence-corrected chi connectivity index (χ1v) is 6.47. The second kappa shape index (κ2) is 5.61. The molecular weight excluding hydrogens is 281 g/mol. The smallest absolute Gasteiger partial charge is 0.377 e. The monoisotopic (exact) mass is 292 g/mol. The molecule has 0 bridgehead atoms. The van der Waals surface area contributed by atoms with Gasteiger partial charge in [0.25, 0.3) is 0 Å². The van der Waals surface area contributed by atoms with Gasteiger partial charge >= 0.3 is 6.18 Å². The number of halogens is 4. The zero-order valence-corrected chi connectivity index (χ0v) is 9.92. The molecule has 1 fully saturated rings. The van der Waals surface area contributed by atoms with Crippen LogP contribution in [-0.2, 0) is 4.74 Å². The summed E-state index contributed by atoms with van der Waals surface area (Å²) in [5.41, 5.74) is 0. The van der Waals surface area contributed by atoms with Gasteiger partial charge in [0, 0.05) is 18.1 Å². The Morgan fingerprint density at radius 2 is 2.21 bits per heavy atom. The van der Waals surface area contributed by atoms with Gasteiger partial charge in [-0.1, -0.05) is 15.9 Å². The van der Waals surface area contributed by atoms with Crippen LogP contribution in [0.25, 0.3) is 0 Å². The first kappa shape index (κ1) is 12.6. The van der Waals surface area contributed by atoms with Crippen LogP contribution in [0.3, 0.4) is 0 Å². The van der Waals surface area contributed by atoms with Crippen LogP contribution < -0.4 is 0 Å². The number of alkyl halides is 4. The molecule has 1 nitrogen and oxygen atoms in total. The molecule has 1 aliphatic rings. The number of hydrogen-bond acceptors (Lipinski definition) is 2. The van der Waals surface area contributed by atoms with Crippen LogP contribution in [-0.4, -0.2) is 35.2 Å². The second-order valence-corrected chi connectivity index (χ2v) is 5.36. The van der Waals surface area contributed by atoms with Crippen molar-refractivity contribution in [1.29, 1.82) is 0 Å². The van der Waals surface area contributed by atoms with Crippen LogP contribution in [0.2, 0.25) is 0 Å². The summed E-state index contributed by atoms with van der Waals surface area (Å²) in [6, 6.07) is 0. The molecule has 2 unspecified atom stereocenters. The van der Waals surface area contributed by atoms with Gasteiger partial charge in [0.15, 0.2) is 0 Å². The normalized spacial score (nSPS) is 25.3. The third-order valence-corrected chi connectivity index (χ3v) is 4.40. The maximum absolute atomic E-state index is 12.1. The van der Waals surface area contributed by atoms with Crippen LogP contribution in [0.4, 0.5) is 13.2 Å². The molecule has 0 spiro atoms. The molecule has 0 saturated carbocycles. The van der Waals surface area contributed by atoms with E-state index < -0.39 is 11.0 Å². The molecule has 0 aromatic heterocycles. The fourth-order valence-electron chi connectivity index (χ4n) is 1.17. The van der Waals surface area contributed by atoms with E-state index in [1.807, 2.05) is 0 Å². The quantitative estimate of drug-likeness (QED) is 0.736. The molecule has 6 heteroatoms. The first-order chi connectivity index (χ1) is 6.50. The van der Waals surface area contributed by atoms with Gasteiger partial charge in [-0.15, -0.1) is 0 Å². The zero-order chi connectivity index (χ0) is 10.6. The molecule has 0 radical (unpaired) electrons. The Morgan fingerprint density at radius 1 is 1.50 bits per heavy atom. The molecule has 1 heterocycles. The van der Waals surface area contributed by atoms with E-state index in [9.17, 15) is 13.2 Å². The highest BCUT2D eigenvalue weighted by Gasteiger charge is 2.37. The Morgan fingerprint density at radius 3 is 2.71 bits per heavy atom. The minimum absolute atomic E-state index is 0.0589. The summed E-state index contributed by atoms with van der Waals surface area (Å²) in [4.78, 5) is -1.40. The SMILES string of the molecule is FC(F)(F)C(Br)CSCC1CCCO1. The Labute approximate surface area is 93.9 Å². The van der Waals surface area contributed by atoms with Crippen LogP contribution in [0.1, 0.15) is 12.8 Å². The first-order valence-electron chi connectivity index (χ1n) is 4.40. The van der Waals surface area contributed by atoms with E-state index in [0.29, 0.717) is 5.75 Å². The lowest BCUT2D eigenvalue weighted by Crippen LogP contribution is -2.25. The highest BCUT2D eigenvalue weighted by Crippen LogP contribution is 2.29. The van der Waals surface area contributed by atoms with Crippen molar-refractivity contribution >= 4 is 27.7 Å². The molecule has 0 aliphatic carbocycles. The molecule has 1 rings (SSSR count). The average Bonchev–Trinajstić information content (AvgIpc) is 2.55. The van der Waals surface area contributed by atoms with E-state index in [0.717, 1.165) is 19.4 Å². The van der Waals surface area contributed by atoms with Crippen molar-refractivity contribution in [2.24, 2.45) is 0 Å². The minimum atomic E-state index is -4.14. The zero-order valence-electron chi connectivity index (χ0n) is 7.52. The van der Waals surface area contributed by atoms with Gasteiger partial charge in [-0.25, -0.2) is 0 Å². The number of rotatable bonds is 4. The van der Waals surface area contributed by atoms with Crippen LogP contribution >= 0.6 is 27.7 Å². The van der Waals surface area contributed by atoms with Gasteiger partial charge in [0.05, 0.1) is 6.10 Å². The lowest BCUT2D eigenvalue weighted by Gasteiger charge is -2.14. The lowest BCUT2D eigenvalue weighted by atomic mass is 10.3. The molecule has 1 aliphatic heterocycles. The molecule has 1 saturated heterocycles. The van der Waals surface area contributed by atoms with E-state index >= 15 is 0 Å². The maximum atomic E-state index is 12.1. The molecule has 2 atom stereocenters. The van der Waals surface area contributed by atoms with Crippen molar-refractivity contribution < 1.29 is 17.9 Å². The summed E-state index contributed by atoms with van der Waals surface area (Å²) in [6.07, 6.45) is -1.97. The van der Waals surface area contributed by atoms with Crippen molar-refractivity contribution in [2.75, 3.05) is 18.1 Å². The number of ether oxygens (including phenoxy) is 1. The largest absolute Gasteiger partial charge is 0.402 e. The molecule has 0 amide bonds. The minimum Gasteiger partial charge on any atom is -0.377 e. The molecular formula is C8H12BrF3OS. The highest BCUT2D eigenvalue weighted by molar-refractivity contribution is 9.09. The Balaban J connectivity index is 2.08. The van der Waals surface area contributed by atoms with Crippen molar-refractivity contribution in [3.8, 4) is 0 Å². The molecule has 0 aromatic carbocycles. The Hall–Kier alpha value is 0.580. The van der Waals surface area contributed by atoms with Crippen LogP contribution in [0.5, 0.6) is 0 Å². The molecule has 84 valence electrons. The summed E-state index contributed by atoms with van der Waals surface area (Å²) in [5.74, 6) is 0.724. The van der Waals surface area contributed by atoms with E-state index in [4.69, 9.17) is 4.74 Å². The summed E-state index contributed by atoms with van der Waals surface area (Å²) in [6.45, 7) is 0.752. The lowest BCUT2D eigenvalue weighted by molar-refractivity contribution is -0.122. The Bertz CT molecular complexity index is 170. The Kier molecular flexibility index (Phi) is 5.06. The van der Waals surface area contributed by atoms with E-state index in [1.165, 1.54) is 11.8 Å². The van der Waals surface area contributed by atoms with Crippen molar-refractivity contribution in [2.45, 2.75) is 29.9 Å². The maximum Gasteiger partial charge on any atom is 0.402 e. The highest BCUT2D eigenvalue weighted by atomic mass is 79.9. The topological polar surface area (TPSA) is 9.23 Å². The van der Waals surface area contributed by atoms with E-state index in [-0.39, 0.29) is 11.9 Å². The van der Waals surface area contributed by atoms with Crippen molar-refractivity contribution in [3.05, 3.63) is 0 Å². The molecule has 0 aromatic rings. The summed E-state index contributed by atoms with van der Waals surface area (Å²) in [7, 11) is 0. The van der Waals surface area contributed by atoms with Gasteiger partial charge in [0.1, 0.15) is 4.83 Å². The van der Waals surface area contributed by atoms with E-state index in [2.05, 4.69) is 15.9 Å². The number of thioether (sulfide) groups is 1. The summed E-state index contributed by atoms with van der Waals surface area (Å²) >= 11 is 3.91. The molecule has 14 heavy (non-hydrogen) atoms. The average molecular weight is 293 g/mol. The third-order valence-electron chi connectivity index (χ3n) is 1.95. The van der Waals surface area contributed by atoms with Crippen LogP contribution in [0.15, 0.2) is 0 Å². The van der Waals surface area contributed by atoms with Gasteiger partial charge in [-0.2, -0.15) is 24.9 Å². The fourth-order valence-corrected chi connectivity index (χ4v) is 2.79. The standard InChI is InChI=1S/C8H12BrF3OS/c9-7(8(10,11)12)5-14-4-6-2-1-3-13-6/h6-7H,1-5H2. The summed E-state index contributed by atoms with van der Waals surface area (Å²) < 4.78 is 41.5. The van der Waals surface area contributed by atoms with Gasteiger partial charge in [-0.3, -0.25) is 0 Å². The van der Waals surface area contributed by atoms with Gasteiger partial charge < -0.3 is 4.74 Å². The van der Waals surface area contributed by atoms with Crippen molar-refractivity contribution in [3.63, 3.8) is 0 Å². The second-order valence-electron chi connectivity index (χ2n) is 3.18. The van der Waals surface area contributed by atoms with Crippen LogP contribution in [0, 0.1) is 0 Å². The van der Waals surface area contributed by atoms with Crippen molar-refractivity contribution in [1.82, 2.24) is 0 Å². The third kappa shape index (κ3) is 4.40. The predicted molar refractivity (Wildman–Crippen MR) is 55.1 cm³/mol. The number of hydrogen-bond donors (Lipinski definition) is 0. The van der Waals surface area contributed by atoms with Gasteiger partial charge in [0.2, 0.25) is 0 Å². The molecule has 0 N–H and O–H groups in total. The predicted octanol–water partition coefficient (Wildman–Crippen LogP) is 3.22. The van der Waals surface area contributed by atoms with Gasteiger partial charge in [-0.05, 0) is 12.8 Å². The van der Waals surface area contributed by atoms with E-state index in [1.54, 1.807) is 0 Å². The fraction of sp³-hybridized carbons (Fsp3) is 1.00. The summed E-state index contributed by atoms with van der Waals surface area (Å²) in [5, 5.41) is 0.